The molecule has 0 saturated heterocycles. The summed E-state index contributed by atoms with van der Waals surface area (Å²) >= 11 is 0. The molecular formula is C23H29N3. The van der Waals surface area contributed by atoms with E-state index >= 15 is 0 Å². The smallest absolute Gasteiger partial charge is 0.149 e. The van der Waals surface area contributed by atoms with Crippen LogP contribution < -0.4 is 5.32 Å². The number of anilines is 1. The van der Waals surface area contributed by atoms with Gasteiger partial charge < -0.3 is 5.32 Å². The zero-order chi connectivity index (χ0) is 18.2. The molecule has 4 rings (SSSR count). The van der Waals surface area contributed by atoms with Crippen molar-refractivity contribution in [1.82, 2.24) is 10.2 Å². The summed E-state index contributed by atoms with van der Waals surface area (Å²) in [7, 11) is 0. The molecule has 2 saturated carbocycles. The molecule has 1 N–H and O–H groups in total. The lowest BCUT2D eigenvalue weighted by molar-refractivity contribution is 0.154. The highest BCUT2D eigenvalue weighted by atomic mass is 15.2. The summed E-state index contributed by atoms with van der Waals surface area (Å²) in [4.78, 5) is 0. The van der Waals surface area contributed by atoms with Crippen LogP contribution in [0.25, 0.3) is 11.3 Å². The van der Waals surface area contributed by atoms with Crippen molar-refractivity contribution in [3.8, 4) is 11.3 Å². The summed E-state index contributed by atoms with van der Waals surface area (Å²) in [6, 6.07) is 14.4. The van der Waals surface area contributed by atoms with Crippen molar-refractivity contribution in [3.05, 3.63) is 54.6 Å². The summed E-state index contributed by atoms with van der Waals surface area (Å²) < 4.78 is 0. The van der Waals surface area contributed by atoms with E-state index in [9.17, 15) is 0 Å². The van der Waals surface area contributed by atoms with Crippen LogP contribution in [0, 0.1) is 11.3 Å². The number of nitrogens with one attached hydrogen (secondary N) is 1. The molecule has 2 fully saturated rings. The molecule has 0 aliphatic heterocycles. The van der Waals surface area contributed by atoms with E-state index < -0.39 is 0 Å². The van der Waals surface area contributed by atoms with Gasteiger partial charge in [0, 0.05) is 11.1 Å². The van der Waals surface area contributed by atoms with Gasteiger partial charge in [-0.15, -0.1) is 10.2 Å². The molecule has 3 heteroatoms. The molecule has 2 aromatic rings. The van der Waals surface area contributed by atoms with Gasteiger partial charge in [-0.25, -0.2) is 0 Å². The fourth-order valence-corrected chi connectivity index (χ4v) is 5.33. The molecule has 1 aromatic heterocycles. The van der Waals surface area contributed by atoms with Crippen LogP contribution in [-0.4, -0.2) is 15.7 Å². The highest BCUT2D eigenvalue weighted by Gasteiger charge is 2.51. The van der Waals surface area contributed by atoms with E-state index in [0.717, 1.165) is 23.0 Å². The lowest BCUT2D eigenvalue weighted by Crippen LogP contribution is -2.45. The van der Waals surface area contributed by atoms with Gasteiger partial charge in [-0.1, -0.05) is 49.4 Å². The first-order chi connectivity index (χ1) is 12.5. The topological polar surface area (TPSA) is 37.8 Å². The molecule has 26 heavy (non-hydrogen) atoms. The van der Waals surface area contributed by atoms with E-state index in [1.165, 1.54) is 44.1 Å². The van der Waals surface area contributed by atoms with E-state index in [1.807, 2.05) is 18.2 Å². The van der Waals surface area contributed by atoms with Crippen LogP contribution in [0.4, 0.5) is 5.82 Å². The maximum atomic E-state index is 4.50. The molecule has 1 aromatic carbocycles. The van der Waals surface area contributed by atoms with E-state index in [2.05, 4.69) is 60.2 Å². The number of allylic oxidation sites excluding steroid dienone is 1. The van der Waals surface area contributed by atoms with Crippen LogP contribution >= 0.6 is 0 Å². The Kier molecular flexibility index (Phi) is 4.34. The molecule has 0 amide bonds. The Bertz CT molecular complexity index is 783. The van der Waals surface area contributed by atoms with Gasteiger partial charge in [0.15, 0.2) is 0 Å². The van der Waals surface area contributed by atoms with Gasteiger partial charge in [-0.3, -0.25) is 0 Å². The molecule has 3 atom stereocenters. The van der Waals surface area contributed by atoms with Gasteiger partial charge in [0.05, 0.1) is 5.69 Å². The van der Waals surface area contributed by atoms with Crippen molar-refractivity contribution in [2.75, 3.05) is 5.32 Å². The third-order valence-corrected chi connectivity index (χ3v) is 6.78. The summed E-state index contributed by atoms with van der Waals surface area (Å²) in [5.74, 6) is 1.71. The van der Waals surface area contributed by atoms with Crippen molar-refractivity contribution in [2.45, 2.75) is 57.9 Å². The number of rotatable bonds is 5. The molecule has 2 aliphatic carbocycles. The van der Waals surface area contributed by atoms with Crippen molar-refractivity contribution in [3.63, 3.8) is 0 Å². The minimum atomic E-state index is 0.154. The quantitative estimate of drug-likeness (QED) is 0.688. The number of benzene rings is 1. The van der Waals surface area contributed by atoms with Crippen LogP contribution in [0.1, 0.15) is 52.4 Å². The Morgan fingerprint density at radius 3 is 2.62 bits per heavy atom. The molecule has 1 heterocycles. The molecule has 3 nitrogen and oxygen atoms in total. The summed E-state index contributed by atoms with van der Waals surface area (Å²) in [5, 5.41) is 12.7. The minimum absolute atomic E-state index is 0.154. The normalized spacial score (nSPS) is 30.2. The fraction of sp³-hybridized carbons (Fsp3) is 0.478. The Morgan fingerprint density at radius 1 is 1.15 bits per heavy atom. The minimum Gasteiger partial charge on any atom is -0.363 e. The van der Waals surface area contributed by atoms with E-state index in [0.29, 0.717) is 0 Å². The van der Waals surface area contributed by atoms with Gasteiger partial charge in [0.25, 0.3) is 0 Å². The molecular weight excluding hydrogens is 318 g/mol. The van der Waals surface area contributed by atoms with Gasteiger partial charge in [0.1, 0.15) is 5.82 Å². The van der Waals surface area contributed by atoms with Gasteiger partial charge in [-0.05, 0) is 68.9 Å². The molecule has 0 spiro atoms. The average Bonchev–Trinajstić information content (AvgIpc) is 2.97. The monoisotopic (exact) mass is 347 g/mol. The molecule has 0 radical (unpaired) electrons. The first-order valence-electron chi connectivity index (χ1n) is 9.88. The van der Waals surface area contributed by atoms with Gasteiger partial charge >= 0.3 is 0 Å². The highest BCUT2D eigenvalue weighted by molar-refractivity contribution is 5.59. The van der Waals surface area contributed by atoms with Crippen LogP contribution in [-0.2, 0) is 0 Å². The van der Waals surface area contributed by atoms with E-state index in [1.54, 1.807) is 0 Å². The second-order valence-corrected chi connectivity index (χ2v) is 8.48. The van der Waals surface area contributed by atoms with E-state index in [-0.39, 0.29) is 11.0 Å². The van der Waals surface area contributed by atoms with Crippen molar-refractivity contribution in [2.24, 2.45) is 11.3 Å². The Morgan fingerprint density at radius 2 is 1.96 bits per heavy atom. The number of hydrogen-bond acceptors (Lipinski definition) is 3. The Labute approximate surface area is 156 Å². The summed E-state index contributed by atoms with van der Waals surface area (Å²) in [5.41, 5.74) is 3.82. The number of aromatic nitrogens is 2. The molecule has 2 bridgehead atoms. The van der Waals surface area contributed by atoms with Crippen molar-refractivity contribution >= 4 is 5.82 Å². The van der Waals surface area contributed by atoms with Crippen molar-refractivity contribution < 1.29 is 0 Å². The van der Waals surface area contributed by atoms with Crippen LogP contribution in [0.3, 0.4) is 0 Å². The first-order valence-corrected chi connectivity index (χ1v) is 9.88. The van der Waals surface area contributed by atoms with E-state index in [4.69, 9.17) is 0 Å². The fourth-order valence-electron chi connectivity index (χ4n) is 5.33. The lowest BCUT2D eigenvalue weighted by atomic mass is 9.62. The predicted molar refractivity (Wildman–Crippen MR) is 108 cm³/mol. The van der Waals surface area contributed by atoms with Crippen LogP contribution in [0.5, 0.6) is 0 Å². The van der Waals surface area contributed by atoms with Gasteiger partial charge in [-0.2, -0.15) is 0 Å². The van der Waals surface area contributed by atoms with Crippen LogP contribution in [0.2, 0.25) is 0 Å². The SMILES string of the molecule is C=C(C)C1(CC)CC2CCC(Nc3ccc(-c4ccccc4)nn3)(C2)C1. The number of nitrogens with zero attached hydrogens (tertiary/aromatic N) is 2. The van der Waals surface area contributed by atoms with Gasteiger partial charge in [0.2, 0.25) is 0 Å². The molecule has 3 unspecified atom stereocenters. The second-order valence-electron chi connectivity index (χ2n) is 8.48. The molecule has 136 valence electrons. The predicted octanol–water partition coefficient (Wildman–Crippen LogP) is 5.86. The average molecular weight is 348 g/mol. The summed E-state index contributed by atoms with van der Waals surface area (Å²) in [6.45, 7) is 8.89. The Balaban J connectivity index is 1.55. The lowest BCUT2D eigenvalue weighted by Gasteiger charge is -2.47. The zero-order valence-corrected chi connectivity index (χ0v) is 16.0. The van der Waals surface area contributed by atoms with Crippen LogP contribution in [0.15, 0.2) is 54.6 Å². The number of hydrogen-bond donors (Lipinski definition) is 1. The standard InChI is InChI=1S/C23H29N3/c1-4-22(17(2)3)14-18-12-13-23(15-18,16-22)24-21-11-10-20(25-26-21)19-8-6-5-7-9-19/h5-11,18H,2,4,12-16H2,1,3H3,(H,24,26). The third kappa shape index (κ3) is 3.04. The third-order valence-electron chi connectivity index (χ3n) is 6.78. The maximum absolute atomic E-state index is 4.50. The first kappa shape index (κ1) is 17.3. The largest absolute Gasteiger partial charge is 0.363 e. The second kappa shape index (κ2) is 6.53. The maximum Gasteiger partial charge on any atom is 0.149 e. The van der Waals surface area contributed by atoms with Crippen molar-refractivity contribution in [1.29, 1.82) is 0 Å². The summed E-state index contributed by atoms with van der Waals surface area (Å²) in [6.07, 6.45) is 7.46. The number of fused-ring (bicyclic) bond motifs is 2. The Hall–Kier alpha value is -2.16. The zero-order valence-electron chi connectivity index (χ0n) is 16.0. The molecule has 2 aliphatic rings. The highest BCUT2D eigenvalue weighted by Crippen LogP contribution is 2.57.